The molecular formula is C10H14ClFN5O12P3. The fraction of sp³-hybridized carbons (Fsp3) is 0.500. The number of anilines is 1. The minimum Gasteiger partial charge on any atom is -0.385 e. The molecule has 0 aliphatic carbocycles. The molecule has 32 heavy (non-hydrogen) atoms. The molecule has 17 nitrogen and oxygen atoms in total. The third-order valence-corrected chi connectivity index (χ3v) is 8.05. The van der Waals surface area contributed by atoms with Crippen molar-refractivity contribution in [1.82, 2.24) is 19.5 Å². The number of nitrogens with two attached hydrogens (primary N) is 1. The van der Waals surface area contributed by atoms with Crippen molar-refractivity contribution in [2.24, 2.45) is 0 Å². The van der Waals surface area contributed by atoms with Gasteiger partial charge in [-0.05, 0) is 0 Å². The van der Waals surface area contributed by atoms with Crippen molar-refractivity contribution < 1.29 is 60.6 Å². The molecule has 1 fully saturated rings. The molecule has 22 heteroatoms. The van der Waals surface area contributed by atoms with Gasteiger partial charge < -0.3 is 35.2 Å². The maximum absolute atomic E-state index is 15.0. The smallest absolute Gasteiger partial charge is 0.385 e. The molecule has 2 aromatic heterocycles. The van der Waals surface area contributed by atoms with Crippen LogP contribution in [-0.4, -0.2) is 68.1 Å². The van der Waals surface area contributed by atoms with Gasteiger partial charge in [-0.2, -0.15) is 8.62 Å². The second kappa shape index (κ2) is 8.60. The average Bonchev–Trinajstić information content (AvgIpc) is 3.11. The van der Waals surface area contributed by atoms with E-state index in [1.165, 1.54) is 0 Å². The van der Waals surface area contributed by atoms with E-state index in [1.54, 1.807) is 0 Å². The number of aliphatic hydroxyl groups is 1. The van der Waals surface area contributed by atoms with E-state index in [1.807, 2.05) is 0 Å². The number of ether oxygens (including phenoxy) is 1. The lowest BCUT2D eigenvalue weighted by Crippen LogP contribution is -2.38. The minimum atomic E-state index is -5.76. The quantitative estimate of drug-likeness (QED) is 0.188. The van der Waals surface area contributed by atoms with E-state index in [-0.39, 0.29) is 17.0 Å². The standard InChI is InChI=1S/C10H14ClFN5O12P3/c11-10(12)6(18)4(1-26-31(22,23)29-32(24,25)28-30(19,20)21)27-9(10)17-3-16-5-7(13)14-2-15-8(5)17/h2-4,6,9,18H,1H2,(H,22,23)(H,24,25)(H2,13,14,15)(H2,19,20,21)/t4-,6-,9-,10-/m1/s1. The van der Waals surface area contributed by atoms with Crippen LogP contribution in [0.2, 0.25) is 0 Å². The van der Waals surface area contributed by atoms with Gasteiger partial charge in [-0.15, -0.1) is 0 Å². The zero-order valence-corrected chi connectivity index (χ0v) is 18.6. The molecule has 0 amide bonds. The summed E-state index contributed by atoms with van der Waals surface area (Å²) in [5.74, 6) is -0.0458. The number of phosphoric ester groups is 1. The molecule has 0 saturated carbocycles. The molecule has 0 aromatic carbocycles. The maximum atomic E-state index is 15.0. The van der Waals surface area contributed by atoms with E-state index < -0.39 is 53.6 Å². The molecule has 0 bridgehead atoms. The van der Waals surface area contributed by atoms with Crippen LogP contribution in [0.25, 0.3) is 11.2 Å². The van der Waals surface area contributed by atoms with Gasteiger partial charge in [-0.1, -0.05) is 11.6 Å². The van der Waals surface area contributed by atoms with E-state index in [0.717, 1.165) is 17.2 Å². The van der Waals surface area contributed by atoms with Crippen molar-refractivity contribution in [3.8, 4) is 0 Å². The number of aliphatic hydroxyl groups excluding tert-OH is 1. The highest BCUT2D eigenvalue weighted by molar-refractivity contribution is 7.66. The number of fused-ring (bicyclic) bond motifs is 1. The summed E-state index contributed by atoms with van der Waals surface area (Å²) in [6, 6.07) is 0. The number of hydrogen-bond donors (Lipinski definition) is 6. The molecule has 2 unspecified atom stereocenters. The average molecular weight is 544 g/mol. The fourth-order valence-corrected chi connectivity index (χ4v) is 5.95. The van der Waals surface area contributed by atoms with Crippen LogP contribution in [0.1, 0.15) is 6.23 Å². The van der Waals surface area contributed by atoms with Crippen molar-refractivity contribution >= 4 is 52.1 Å². The van der Waals surface area contributed by atoms with Crippen LogP contribution in [0, 0.1) is 0 Å². The fourth-order valence-electron chi connectivity index (χ4n) is 2.62. The highest BCUT2D eigenvalue weighted by Crippen LogP contribution is 2.66. The van der Waals surface area contributed by atoms with E-state index in [9.17, 15) is 23.7 Å². The summed E-state index contributed by atoms with van der Waals surface area (Å²) < 4.78 is 66.4. The van der Waals surface area contributed by atoms with Gasteiger partial charge in [-0.3, -0.25) is 9.09 Å². The summed E-state index contributed by atoms with van der Waals surface area (Å²) in [4.78, 5) is 47.0. The molecule has 2 aromatic rings. The van der Waals surface area contributed by atoms with Gasteiger partial charge in [0.25, 0.3) is 5.13 Å². The number of halogens is 2. The first kappa shape index (κ1) is 25.5. The molecule has 0 radical (unpaired) electrons. The Balaban J connectivity index is 1.74. The first-order valence-electron chi connectivity index (χ1n) is 7.95. The molecule has 0 spiro atoms. The van der Waals surface area contributed by atoms with Crippen molar-refractivity contribution in [2.75, 3.05) is 12.3 Å². The van der Waals surface area contributed by atoms with Crippen molar-refractivity contribution in [2.45, 2.75) is 23.6 Å². The maximum Gasteiger partial charge on any atom is 0.490 e. The summed E-state index contributed by atoms with van der Waals surface area (Å²) in [6.45, 7) is -1.14. The Morgan fingerprint density at radius 3 is 2.47 bits per heavy atom. The van der Waals surface area contributed by atoms with E-state index in [4.69, 9.17) is 36.8 Å². The number of alkyl halides is 2. The Labute approximate surface area is 181 Å². The van der Waals surface area contributed by atoms with E-state index in [0.29, 0.717) is 0 Å². The molecule has 1 aliphatic rings. The van der Waals surface area contributed by atoms with Gasteiger partial charge in [0.1, 0.15) is 24.1 Å². The molecular weight excluding hydrogens is 530 g/mol. The molecule has 3 rings (SSSR count). The summed E-state index contributed by atoms with van der Waals surface area (Å²) in [5, 5.41) is 7.10. The van der Waals surface area contributed by atoms with Gasteiger partial charge in [0.2, 0.25) is 0 Å². The Morgan fingerprint density at radius 2 is 1.84 bits per heavy atom. The van der Waals surface area contributed by atoms with Crippen LogP contribution in [0.5, 0.6) is 0 Å². The number of phosphoric acid groups is 3. The van der Waals surface area contributed by atoms with Gasteiger partial charge in [0.05, 0.1) is 12.9 Å². The first-order valence-corrected chi connectivity index (χ1v) is 12.8. The largest absolute Gasteiger partial charge is 0.490 e. The highest BCUT2D eigenvalue weighted by Gasteiger charge is 2.58. The number of hydrogen-bond acceptors (Lipinski definition) is 12. The van der Waals surface area contributed by atoms with Crippen LogP contribution < -0.4 is 5.73 Å². The third-order valence-electron chi connectivity index (χ3n) is 3.84. The Morgan fingerprint density at radius 1 is 1.19 bits per heavy atom. The highest BCUT2D eigenvalue weighted by atomic mass is 35.5. The first-order chi connectivity index (χ1) is 14.5. The Bertz CT molecular complexity index is 1160. The second-order valence-corrected chi connectivity index (χ2v) is 11.1. The number of nitrogens with zero attached hydrogens (tertiary/aromatic N) is 4. The SMILES string of the molecule is Nc1ncnc2c1ncn2[C@@H]1O[C@H](COP(=O)(O)OP(=O)(O)OP(=O)(O)O)[C@@H](O)[C@]1(F)Cl. The molecule has 7 N–H and O–H groups in total. The molecule has 1 saturated heterocycles. The topological polar surface area (TPSA) is 259 Å². The van der Waals surface area contributed by atoms with Gasteiger partial charge in [0.15, 0.2) is 17.7 Å². The third kappa shape index (κ3) is 5.51. The van der Waals surface area contributed by atoms with Crippen LogP contribution in [0.15, 0.2) is 12.7 Å². The Hall–Kier alpha value is -1.10. The Kier molecular flexibility index (Phi) is 6.86. The normalized spacial score (nSPS) is 30.3. The number of nitrogen functional groups attached to an aromatic ring is 1. The van der Waals surface area contributed by atoms with Gasteiger partial charge >= 0.3 is 23.5 Å². The zero-order valence-electron chi connectivity index (χ0n) is 15.2. The molecule has 6 atom stereocenters. The second-order valence-electron chi connectivity index (χ2n) is 6.12. The summed E-state index contributed by atoms with van der Waals surface area (Å²) >= 11 is 5.77. The summed E-state index contributed by atoms with van der Waals surface area (Å²) in [7, 11) is -16.9. The minimum absolute atomic E-state index is 0.0223. The predicted octanol–water partition coefficient (Wildman–Crippen LogP) is -0.0853. The lowest BCUT2D eigenvalue weighted by Gasteiger charge is -2.22. The van der Waals surface area contributed by atoms with Crippen molar-refractivity contribution in [3.05, 3.63) is 12.7 Å². The van der Waals surface area contributed by atoms with Crippen LogP contribution >= 0.6 is 35.1 Å². The van der Waals surface area contributed by atoms with Crippen LogP contribution in [-0.2, 0) is 31.6 Å². The number of rotatable bonds is 8. The monoisotopic (exact) mass is 543 g/mol. The van der Waals surface area contributed by atoms with E-state index >= 15 is 4.39 Å². The summed E-state index contributed by atoms with van der Waals surface area (Å²) in [6.07, 6.45) is -3.65. The molecule has 1 aliphatic heterocycles. The number of imidazole rings is 1. The lowest BCUT2D eigenvalue weighted by molar-refractivity contribution is -0.0473. The van der Waals surface area contributed by atoms with Crippen LogP contribution in [0.4, 0.5) is 10.2 Å². The molecule has 180 valence electrons. The zero-order chi connectivity index (χ0) is 24.1. The van der Waals surface area contributed by atoms with Gasteiger partial charge in [0, 0.05) is 0 Å². The van der Waals surface area contributed by atoms with Crippen LogP contribution in [0.3, 0.4) is 0 Å². The van der Waals surface area contributed by atoms with Gasteiger partial charge in [-0.25, -0.2) is 33.0 Å². The number of aromatic nitrogens is 4. The summed E-state index contributed by atoms with van der Waals surface area (Å²) in [5.41, 5.74) is 5.68. The van der Waals surface area contributed by atoms with Crippen molar-refractivity contribution in [1.29, 1.82) is 0 Å². The van der Waals surface area contributed by atoms with Crippen molar-refractivity contribution in [3.63, 3.8) is 0 Å². The molecule has 3 heterocycles. The van der Waals surface area contributed by atoms with E-state index in [2.05, 4.69) is 28.1 Å². The predicted molar refractivity (Wildman–Crippen MR) is 99.2 cm³/mol. The lowest BCUT2D eigenvalue weighted by atomic mass is 10.1.